The first-order chi connectivity index (χ1) is 9.99. The number of para-hydroxylation sites is 1. The van der Waals surface area contributed by atoms with Gasteiger partial charge in [-0.15, -0.1) is 11.6 Å². The van der Waals surface area contributed by atoms with Crippen molar-refractivity contribution in [2.24, 2.45) is 0 Å². The summed E-state index contributed by atoms with van der Waals surface area (Å²) in [6, 6.07) is 11.3. The third-order valence-corrected chi connectivity index (χ3v) is 4.54. The lowest BCUT2D eigenvalue weighted by molar-refractivity contribution is 0.880. The van der Waals surface area contributed by atoms with Gasteiger partial charge < -0.3 is 0 Å². The minimum absolute atomic E-state index is 0.254. The minimum atomic E-state index is -0.254. The van der Waals surface area contributed by atoms with Gasteiger partial charge in [-0.25, -0.2) is 4.98 Å². The maximum absolute atomic E-state index is 6.30. The molecule has 108 valence electrons. The Morgan fingerprint density at radius 3 is 2.62 bits per heavy atom. The first-order valence-corrected chi connectivity index (χ1v) is 8.24. The molecule has 3 aromatic rings. The smallest absolute Gasteiger partial charge is 0.132 e. The lowest BCUT2D eigenvalue weighted by atomic mass is 10.2. The molecule has 2 nitrogen and oxygen atoms in total. The Balaban J connectivity index is 2.39. The SMILES string of the molecule is CC(Cl)c1nc2c(Cl)cccc2n1-c1ccc(Cl)cc1Br. The first-order valence-electron chi connectivity index (χ1n) is 6.25. The van der Waals surface area contributed by atoms with Gasteiger partial charge in [0.25, 0.3) is 0 Å². The third kappa shape index (κ3) is 2.68. The molecule has 0 bridgehead atoms. The number of hydrogen-bond donors (Lipinski definition) is 0. The molecule has 1 heterocycles. The fourth-order valence-electron chi connectivity index (χ4n) is 2.27. The zero-order chi connectivity index (χ0) is 15.1. The van der Waals surface area contributed by atoms with Crippen LogP contribution in [0.1, 0.15) is 18.1 Å². The second kappa shape index (κ2) is 5.81. The number of halogens is 4. The van der Waals surface area contributed by atoms with Gasteiger partial charge in [0.15, 0.2) is 0 Å². The highest BCUT2D eigenvalue weighted by molar-refractivity contribution is 9.10. The number of hydrogen-bond acceptors (Lipinski definition) is 1. The number of aromatic nitrogens is 2. The van der Waals surface area contributed by atoms with E-state index in [0.717, 1.165) is 27.0 Å². The van der Waals surface area contributed by atoms with E-state index in [2.05, 4.69) is 20.9 Å². The molecule has 0 aliphatic rings. The maximum Gasteiger partial charge on any atom is 0.132 e. The minimum Gasteiger partial charge on any atom is -0.294 e. The maximum atomic E-state index is 6.30. The molecule has 0 saturated heterocycles. The number of fused-ring (bicyclic) bond motifs is 1. The summed E-state index contributed by atoms with van der Waals surface area (Å²) in [5.41, 5.74) is 2.57. The van der Waals surface area contributed by atoms with E-state index in [1.54, 1.807) is 0 Å². The summed E-state index contributed by atoms with van der Waals surface area (Å²) in [4.78, 5) is 4.60. The van der Waals surface area contributed by atoms with Crippen molar-refractivity contribution in [1.29, 1.82) is 0 Å². The van der Waals surface area contributed by atoms with Gasteiger partial charge in [-0.1, -0.05) is 29.3 Å². The first kappa shape index (κ1) is 15.2. The Morgan fingerprint density at radius 2 is 1.95 bits per heavy atom. The van der Waals surface area contributed by atoms with Crippen LogP contribution in [0.4, 0.5) is 0 Å². The topological polar surface area (TPSA) is 17.8 Å². The molecule has 3 rings (SSSR count). The highest BCUT2D eigenvalue weighted by Gasteiger charge is 2.19. The second-order valence-electron chi connectivity index (χ2n) is 4.62. The molecular weight excluding hydrogens is 394 g/mol. The lowest BCUT2D eigenvalue weighted by Crippen LogP contribution is -2.02. The largest absolute Gasteiger partial charge is 0.294 e. The summed E-state index contributed by atoms with van der Waals surface area (Å²) in [5.74, 6) is 0.739. The van der Waals surface area contributed by atoms with Crippen LogP contribution in [0.3, 0.4) is 0 Å². The normalized spacial score (nSPS) is 12.8. The zero-order valence-corrected chi connectivity index (χ0v) is 14.8. The van der Waals surface area contributed by atoms with Crippen molar-refractivity contribution in [2.45, 2.75) is 12.3 Å². The summed E-state index contributed by atoms with van der Waals surface area (Å²) in [6.45, 7) is 1.89. The van der Waals surface area contributed by atoms with E-state index in [0.29, 0.717) is 10.0 Å². The molecule has 0 aliphatic heterocycles. The van der Waals surface area contributed by atoms with Crippen molar-refractivity contribution in [2.75, 3.05) is 0 Å². The van der Waals surface area contributed by atoms with Crippen molar-refractivity contribution in [3.8, 4) is 5.69 Å². The van der Waals surface area contributed by atoms with Crippen molar-refractivity contribution < 1.29 is 0 Å². The third-order valence-electron chi connectivity index (χ3n) is 3.17. The molecule has 21 heavy (non-hydrogen) atoms. The quantitative estimate of drug-likeness (QED) is 0.452. The van der Waals surface area contributed by atoms with Crippen LogP contribution in [0.15, 0.2) is 40.9 Å². The summed E-state index contributed by atoms with van der Waals surface area (Å²) < 4.78 is 2.87. The van der Waals surface area contributed by atoms with Crippen LogP contribution in [0.2, 0.25) is 10.0 Å². The van der Waals surface area contributed by atoms with E-state index in [1.807, 2.05) is 47.9 Å². The molecule has 0 fully saturated rings. The van der Waals surface area contributed by atoms with Gasteiger partial charge in [0.1, 0.15) is 11.3 Å². The van der Waals surface area contributed by atoms with E-state index in [4.69, 9.17) is 34.8 Å². The fourth-order valence-corrected chi connectivity index (χ4v) is 3.48. The van der Waals surface area contributed by atoms with Crippen LogP contribution >= 0.6 is 50.7 Å². The average molecular weight is 405 g/mol. The average Bonchev–Trinajstić information content (AvgIpc) is 2.80. The summed E-state index contributed by atoms with van der Waals surface area (Å²) in [7, 11) is 0. The van der Waals surface area contributed by atoms with Crippen LogP contribution < -0.4 is 0 Å². The Kier molecular flexibility index (Phi) is 4.19. The number of rotatable bonds is 2. The molecular formula is C15H10BrCl3N2. The number of benzene rings is 2. The van der Waals surface area contributed by atoms with Crippen LogP contribution in [0, 0.1) is 0 Å². The predicted octanol–water partition coefficient (Wildman–Crippen LogP) is 6.39. The summed E-state index contributed by atoms with van der Waals surface area (Å²) in [5, 5.41) is 1.01. The van der Waals surface area contributed by atoms with Crippen molar-refractivity contribution in [3.05, 3.63) is 56.7 Å². The van der Waals surface area contributed by atoms with Gasteiger partial charge >= 0.3 is 0 Å². The van der Waals surface area contributed by atoms with Gasteiger partial charge in [0.05, 0.1) is 21.6 Å². The Labute approximate surface area is 145 Å². The molecule has 0 radical (unpaired) electrons. The predicted molar refractivity (Wildman–Crippen MR) is 93.1 cm³/mol. The van der Waals surface area contributed by atoms with Gasteiger partial charge in [-0.3, -0.25) is 4.57 Å². The van der Waals surface area contributed by atoms with Crippen LogP contribution in [0.25, 0.3) is 16.7 Å². The summed E-state index contributed by atoms with van der Waals surface area (Å²) >= 11 is 22.1. The number of imidazole rings is 1. The van der Waals surface area contributed by atoms with Crippen molar-refractivity contribution >= 4 is 61.8 Å². The molecule has 0 amide bonds. The lowest BCUT2D eigenvalue weighted by Gasteiger charge is -2.12. The van der Waals surface area contributed by atoms with Gasteiger partial charge in [0, 0.05) is 9.50 Å². The Hall–Kier alpha value is -0.740. The van der Waals surface area contributed by atoms with Crippen molar-refractivity contribution in [1.82, 2.24) is 9.55 Å². The molecule has 0 saturated carbocycles. The Bertz CT molecular complexity index is 827. The van der Waals surface area contributed by atoms with E-state index < -0.39 is 0 Å². The highest BCUT2D eigenvalue weighted by atomic mass is 79.9. The molecule has 0 N–H and O–H groups in total. The molecule has 1 atom stereocenters. The molecule has 6 heteroatoms. The van der Waals surface area contributed by atoms with E-state index in [-0.39, 0.29) is 5.38 Å². The highest BCUT2D eigenvalue weighted by Crippen LogP contribution is 2.34. The van der Waals surface area contributed by atoms with Gasteiger partial charge in [-0.2, -0.15) is 0 Å². The van der Waals surface area contributed by atoms with Gasteiger partial charge in [0.2, 0.25) is 0 Å². The summed E-state index contributed by atoms with van der Waals surface area (Å²) in [6.07, 6.45) is 0. The van der Waals surface area contributed by atoms with E-state index >= 15 is 0 Å². The van der Waals surface area contributed by atoms with Crippen LogP contribution in [-0.2, 0) is 0 Å². The molecule has 0 spiro atoms. The Morgan fingerprint density at radius 1 is 1.19 bits per heavy atom. The van der Waals surface area contributed by atoms with Gasteiger partial charge in [-0.05, 0) is 53.2 Å². The van der Waals surface area contributed by atoms with Crippen LogP contribution in [-0.4, -0.2) is 9.55 Å². The number of nitrogens with zero attached hydrogens (tertiary/aromatic N) is 2. The monoisotopic (exact) mass is 402 g/mol. The molecule has 1 unspecified atom stereocenters. The molecule has 1 aromatic heterocycles. The van der Waals surface area contributed by atoms with E-state index in [1.165, 1.54) is 0 Å². The van der Waals surface area contributed by atoms with Crippen molar-refractivity contribution in [3.63, 3.8) is 0 Å². The number of alkyl halides is 1. The molecule has 0 aliphatic carbocycles. The van der Waals surface area contributed by atoms with E-state index in [9.17, 15) is 0 Å². The van der Waals surface area contributed by atoms with Crippen LogP contribution in [0.5, 0.6) is 0 Å². The molecule has 2 aromatic carbocycles. The fraction of sp³-hybridized carbons (Fsp3) is 0.133. The zero-order valence-electron chi connectivity index (χ0n) is 10.9. The standard InChI is InChI=1S/C15H10BrCl3N2/c1-8(17)15-20-14-11(19)3-2-4-13(14)21(15)12-6-5-9(18)7-10(12)16/h2-8H,1H3. The second-order valence-corrected chi connectivity index (χ2v) is 6.98.